The summed E-state index contributed by atoms with van der Waals surface area (Å²) in [5.74, 6) is -1.54. The van der Waals surface area contributed by atoms with Crippen molar-refractivity contribution in [3.05, 3.63) is 105 Å². The van der Waals surface area contributed by atoms with Gasteiger partial charge in [-0.05, 0) is 28.8 Å². The maximum absolute atomic E-state index is 12.7. The van der Waals surface area contributed by atoms with Crippen LogP contribution in [0.25, 0.3) is 12.2 Å². The van der Waals surface area contributed by atoms with Crippen molar-refractivity contribution in [1.82, 2.24) is 0 Å². The van der Waals surface area contributed by atoms with Gasteiger partial charge in [-0.1, -0.05) is 90.0 Å². The molecule has 4 rings (SSSR count). The summed E-state index contributed by atoms with van der Waals surface area (Å²) in [5.41, 5.74) is 2.68. The van der Waals surface area contributed by atoms with E-state index in [1.807, 2.05) is 78.9 Å². The molecule has 3 atom stereocenters. The van der Waals surface area contributed by atoms with Gasteiger partial charge in [-0.25, -0.2) is 9.59 Å². The third-order valence-corrected chi connectivity index (χ3v) is 6.79. The van der Waals surface area contributed by atoms with Crippen molar-refractivity contribution in [2.24, 2.45) is 11.8 Å². The van der Waals surface area contributed by atoms with Crippen LogP contribution in [-0.4, -0.2) is 38.9 Å². The van der Waals surface area contributed by atoms with Gasteiger partial charge in [0.15, 0.2) is 0 Å². The Balaban J connectivity index is 1.77. The molecule has 0 saturated carbocycles. The van der Waals surface area contributed by atoms with Crippen LogP contribution in [0.3, 0.4) is 0 Å². The number of carbonyl (C=O) groups excluding carboxylic acids is 2. The highest BCUT2D eigenvalue weighted by molar-refractivity contribution is 6.32. The molecule has 5 nitrogen and oxygen atoms in total. The Morgan fingerprint density at radius 1 is 0.886 bits per heavy atom. The van der Waals surface area contributed by atoms with Gasteiger partial charge in [-0.3, -0.25) is 0 Å². The van der Waals surface area contributed by atoms with Gasteiger partial charge in [0.05, 0.1) is 38.1 Å². The first-order valence-corrected chi connectivity index (χ1v) is 11.8. The standard InChI is InChI=1S/C28H24Cl2O5/c1-33-27(31)22-16-35-26-20(14-13-18-8-4-6-10-24(18)30)19(15-21(26)25(22)28(32)34-2)12-11-17-7-3-5-9-23(17)29/h3-15,19-20,26H,16H2,1-2H3/b12-11+,14-13+/t19-,20+,26-/m1/s1. The number of rotatable bonds is 6. The molecule has 2 aromatic carbocycles. The average Bonchev–Trinajstić information content (AvgIpc) is 3.23. The molecule has 1 aliphatic carbocycles. The zero-order valence-electron chi connectivity index (χ0n) is 19.2. The molecule has 0 spiro atoms. The van der Waals surface area contributed by atoms with Crippen LogP contribution in [-0.2, 0) is 23.8 Å². The zero-order chi connectivity index (χ0) is 24.9. The summed E-state index contributed by atoms with van der Waals surface area (Å²) in [4.78, 5) is 25.1. The topological polar surface area (TPSA) is 61.8 Å². The van der Waals surface area contributed by atoms with Crippen molar-refractivity contribution >= 4 is 47.3 Å². The summed E-state index contributed by atoms with van der Waals surface area (Å²) in [7, 11) is 2.55. The van der Waals surface area contributed by atoms with Crippen LogP contribution < -0.4 is 0 Å². The second-order valence-electron chi connectivity index (χ2n) is 8.11. The maximum atomic E-state index is 12.7. The normalized spacial score (nSPS) is 21.8. The van der Waals surface area contributed by atoms with Gasteiger partial charge in [0.2, 0.25) is 0 Å². The molecular weight excluding hydrogens is 487 g/mol. The highest BCUT2D eigenvalue weighted by Crippen LogP contribution is 2.43. The molecule has 0 amide bonds. The van der Waals surface area contributed by atoms with E-state index in [9.17, 15) is 9.59 Å². The minimum Gasteiger partial charge on any atom is -0.466 e. The average molecular weight is 511 g/mol. The predicted octanol–water partition coefficient (Wildman–Crippen LogP) is 5.93. The Morgan fingerprint density at radius 3 is 2.03 bits per heavy atom. The first-order valence-electron chi connectivity index (χ1n) is 11.0. The number of carbonyl (C=O) groups is 2. The van der Waals surface area contributed by atoms with E-state index >= 15 is 0 Å². The molecule has 180 valence electrons. The molecule has 0 saturated heterocycles. The zero-order valence-corrected chi connectivity index (χ0v) is 20.8. The fraction of sp³-hybridized carbons (Fsp3) is 0.214. The number of allylic oxidation sites excluding steroid dienone is 2. The molecule has 0 unspecified atom stereocenters. The van der Waals surface area contributed by atoms with Crippen molar-refractivity contribution in [2.45, 2.75) is 6.10 Å². The Morgan fingerprint density at radius 2 is 1.46 bits per heavy atom. The second-order valence-corrected chi connectivity index (χ2v) is 8.92. The van der Waals surface area contributed by atoms with E-state index in [-0.39, 0.29) is 29.6 Å². The van der Waals surface area contributed by atoms with Crippen molar-refractivity contribution in [3.63, 3.8) is 0 Å². The number of ether oxygens (including phenoxy) is 3. The first-order chi connectivity index (χ1) is 16.9. The van der Waals surface area contributed by atoms with Gasteiger partial charge in [-0.2, -0.15) is 0 Å². The number of esters is 2. The highest BCUT2D eigenvalue weighted by Gasteiger charge is 2.43. The number of methoxy groups -OCH3 is 2. The van der Waals surface area contributed by atoms with E-state index in [1.54, 1.807) is 0 Å². The van der Waals surface area contributed by atoms with E-state index in [1.165, 1.54) is 14.2 Å². The lowest BCUT2D eigenvalue weighted by atomic mass is 9.88. The van der Waals surface area contributed by atoms with Crippen LogP contribution in [0.5, 0.6) is 0 Å². The number of hydrogen-bond acceptors (Lipinski definition) is 5. The van der Waals surface area contributed by atoms with Gasteiger partial charge in [0.25, 0.3) is 0 Å². The quantitative estimate of drug-likeness (QED) is 0.450. The second kappa shape index (κ2) is 11.1. The molecule has 2 aliphatic rings. The number of halogens is 2. The Kier molecular flexibility index (Phi) is 7.91. The smallest absolute Gasteiger partial charge is 0.338 e. The fourth-order valence-corrected chi connectivity index (χ4v) is 4.76. The van der Waals surface area contributed by atoms with Gasteiger partial charge < -0.3 is 14.2 Å². The van der Waals surface area contributed by atoms with Crippen LogP contribution in [0.4, 0.5) is 0 Å². The van der Waals surface area contributed by atoms with Crippen molar-refractivity contribution in [3.8, 4) is 0 Å². The Hall–Kier alpha value is -3.12. The molecular formula is C28H24Cl2O5. The fourth-order valence-electron chi connectivity index (χ4n) is 4.36. The van der Waals surface area contributed by atoms with Gasteiger partial charge in [-0.15, -0.1) is 0 Å². The number of hydrogen-bond donors (Lipinski definition) is 0. The minimum atomic E-state index is -0.622. The summed E-state index contributed by atoms with van der Waals surface area (Å²) in [6, 6.07) is 15.1. The van der Waals surface area contributed by atoms with E-state index in [4.69, 9.17) is 37.4 Å². The van der Waals surface area contributed by atoms with Crippen LogP contribution in [0.2, 0.25) is 10.0 Å². The molecule has 0 bridgehead atoms. The van der Waals surface area contributed by atoms with Crippen LogP contribution >= 0.6 is 23.2 Å². The largest absolute Gasteiger partial charge is 0.466 e. The predicted molar refractivity (Wildman–Crippen MR) is 137 cm³/mol. The van der Waals surface area contributed by atoms with Crippen LogP contribution in [0.15, 0.2) is 83.5 Å². The molecule has 0 aromatic heterocycles. The lowest BCUT2D eigenvalue weighted by Gasteiger charge is -2.29. The highest BCUT2D eigenvalue weighted by atomic mass is 35.5. The molecule has 0 fully saturated rings. The van der Waals surface area contributed by atoms with E-state index < -0.39 is 18.0 Å². The lowest BCUT2D eigenvalue weighted by molar-refractivity contribution is -0.140. The Bertz CT molecular complexity index is 1260. The molecule has 0 radical (unpaired) electrons. The molecule has 7 heteroatoms. The Labute approximate surface area is 214 Å². The first kappa shape index (κ1) is 25.0. The molecule has 0 N–H and O–H groups in total. The third kappa shape index (κ3) is 5.27. The monoisotopic (exact) mass is 510 g/mol. The van der Waals surface area contributed by atoms with Crippen molar-refractivity contribution in [1.29, 1.82) is 0 Å². The summed E-state index contributed by atoms with van der Waals surface area (Å²) in [6.07, 6.45) is 9.41. The SMILES string of the molecule is COC(=O)C1=C(C(=O)OC)C2=C[C@@H](/C=C/c3ccccc3Cl)[C@H](/C=C/c3ccccc3Cl)[C@H]2OC1. The van der Waals surface area contributed by atoms with Gasteiger partial charge in [0.1, 0.15) is 0 Å². The van der Waals surface area contributed by atoms with Gasteiger partial charge >= 0.3 is 11.9 Å². The molecule has 1 aliphatic heterocycles. The van der Waals surface area contributed by atoms with Crippen molar-refractivity contribution in [2.75, 3.05) is 20.8 Å². The molecule has 35 heavy (non-hydrogen) atoms. The third-order valence-electron chi connectivity index (χ3n) is 6.10. The van der Waals surface area contributed by atoms with E-state index in [0.717, 1.165) is 11.1 Å². The molecule has 1 heterocycles. The number of fused-ring (bicyclic) bond motifs is 1. The maximum Gasteiger partial charge on any atom is 0.338 e. The van der Waals surface area contributed by atoms with Crippen LogP contribution in [0, 0.1) is 11.8 Å². The van der Waals surface area contributed by atoms with E-state index in [2.05, 4.69) is 0 Å². The summed E-state index contributed by atoms with van der Waals surface area (Å²) < 4.78 is 16.0. The van der Waals surface area contributed by atoms with Crippen molar-refractivity contribution < 1.29 is 23.8 Å². The minimum absolute atomic E-state index is 0.0590. The van der Waals surface area contributed by atoms with Gasteiger partial charge in [0, 0.05) is 21.9 Å². The summed E-state index contributed by atoms with van der Waals surface area (Å²) in [6.45, 7) is -0.0590. The summed E-state index contributed by atoms with van der Waals surface area (Å²) >= 11 is 12.7. The summed E-state index contributed by atoms with van der Waals surface area (Å²) in [5, 5.41) is 1.26. The molecule has 2 aromatic rings. The van der Waals surface area contributed by atoms with Crippen LogP contribution in [0.1, 0.15) is 11.1 Å². The lowest BCUT2D eigenvalue weighted by Crippen LogP contribution is -2.34. The number of benzene rings is 2. The van der Waals surface area contributed by atoms with E-state index in [0.29, 0.717) is 15.6 Å².